The van der Waals surface area contributed by atoms with Crippen LogP contribution in [0, 0.1) is 0 Å². The topological polar surface area (TPSA) is 15.8 Å². The maximum absolute atomic E-state index is 3.58. The zero-order valence-corrected chi connectivity index (χ0v) is 11.1. The van der Waals surface area contributed by atoms with E-state index in [0.717, 1.165) is 0 Å². The Morgan fingerprint density at radius 2 is 1.53 bits per heavy atom. The van der Waals surface area contributed by atoms with Gasteiger partial charge in [-0.3, -0.25) is 0 Å². The van der Waals surface area contributed by atoms with E-state index in [2.05, 4.69) is 69.1 Å². The van der Waals surface area contributed by atoms with Gasteiger partial charge in [-0.05, 0) is 23.5 Å². The van der Waals surface area contributed by atoms with Gasteiger partial charge in [0.2, 0.25) is 0 Å². The molecule has 0 aliphatic carbocycles. The number of nitrogens with one attached hydrogen (secondary N) is 1. The molecule has 0 atom stereocenters. The first kappa shape index (κ1) is 12.0. The van der Waals surface area contributed by atoms with E-state index >= 15 is 0 Å². The van der Waals surface area contributed by atoms with Crippen molar-refractivity contribution >= 4 is 0 Å². The van der Waals surface area contributed by atoms with Crippen LogP contribution < -0.4 is 0 Å². The van der Waals surface area contributed by atoms with Crippen molar-refractivity contribution in [3.05, 3.63) is 47.8 Å². The molecule has 0 radical (unpaired) electrons. The minimum Gasteiger partial charge on any atom is -0.361 e. The maximum Gasteiger partial charge on any atom is 0.0254 e. The van der Waals surface area contributed by atoms with Gasteiger partial charge >= 0.3 is 0 Å². The first-order valence-electron chi connectivity index (χ1n) is 6.37. The van der Waals surface area contributed by atoms with Crippen molar-refractivity contribution in [3.63, 3.8) is 0 Å². The molecule has 1 heteroatoms. The Balaban J connectivity index is 2.52. The maximum atomic E-state index is 3.58. The number of hydrogen-bond acceptors (Lipinski definition) is 0. The second-order valence-corrected chi connectivity index (χ2v) is 5.23. The molecule has 1 nitrogen and oxygen atoms in total. The predicted octanol–water partition coefficient (Wildman–Crippen LogP) is 4.93. The van der Waals surface area contributed by atoms with Crippen LogP contribution in [0.5, 0.6) is 0 Å². The first-order chi connectivity index (χ1) is 8.09. The highest BCUT2D eigenvalue weighted by Gasteiger charge is 2.14. The van der Waals surface area contributed by atoms with E-state index < -0.39 is 0 Å². The predicted molar refractivity (Wildman–Crippen MR) is 74.4 cm³/mol. The molecule has 0 aliphatic rings. The summed E-state index contributed by atoms with van der Waals surface area (Å²) < 4.78 is 0. The lowest BCUT2D eigenvalue weighted by molar-refractivity contribution is 0.788. The van der Waals surface area contributed by atoms with Crippen molar-refractivity contribution in [2.24, 2.45) is 0 Å². The molecule has 2 aromatic rings. The fourth-order valence-corrected chi connectivity index (χ4v) is 2.12. The number of aromatic nitrogens is 1. The summed E-state index contributed by atoms with van der Waals surface area (Å²) in [6.45, 7) is 8.93. The average Bonchev–Trinajstić information content (AvgIpc) is 2.75. The molecule has 0 aliphatic heterocycles. The molecule has 0 bridgehead atoms. The zero-order valence-electron chi connectivity index (χ0n) is 11.1. The molecular weight excluding hydrogens is 206 g/mol. The summed E-state index contributed by atoms with van der Waals surface area (Å²) in [6.07, 6.45) is 0. The van der Waals surface area contributed by atoms with E-state index in [9.17, 15) is 0 Å². The van der Waals surface area contributed by atoms with Crippen LogP contribution in [-0.2, 0) is 0 Å². The number of aromatic amines is 1. The number of hydrogen-bond donors (Lipinski definition) is 1. The molecule has 0 unspecified atom stereocenters. The molecule has 1 heterocycles. The van der Waals surface area contributed by atoms with Crippen LogP contribution in [0.3, 0.4) is 0 Å². The highest BCUT2D eigenvalue weighted by Crippen LogP contribution is 2.31. The van der Waals surface area contributed by atoms with Crippen molar-refractivity contribution < 1.29 is 0 Å². The summed E-state index contributed by atoms with van der Waals surface area (Å²) in [5.41, 5.74) is 5.33. The second-order valence-electron chi connectivity index (χ2n) is 5.23. The molecular formula is C16H21N. The number of benzene rings is 1. The Morgan fingerprint density at radius 1 is 0.882 bits per heavy atom. The summed E-state index contributed by atoms with van der Waals surface area (Å²) in [5, 5.41) is 0. The third-order valence-electron chi connectivity index (χ3n) is 3.15. The lowest BCUT2D eigenvalue weighted by Gasteiger charge is -2.07. The van der Waals surface area contributed by atoms with Gasteiger partial charge in [-0.15, -0.1) is 0 Å². The second kappa shape index (κ2) is 4.79. The molecule has 0 fully saturated rings. The van der Waals surface area contributed by atoms with Crippen LogP contribution in [0.1, 0.15) is 50.9 Å². The van der Waals surface area contributed by atoms with E-state index in [0.29, 0.717) is 11.8 Å². The Kier molecular flexibility index (Phi) is 3.37. The minimum absolute atomic E-state index is 0.526. The van der Waals surface area contributed by atoms with Gasteiger partial charge in [0.05, 0.1) is 0 Å². The Bertz CT molecular complexity index is 477. The smallest absolute Gasteiger partial charge is 0.0254 e. The highest BCUT2D eigenvalue weighted by molar-refractivity contribution is 5.67. The van der Waals surface area contributed by atoms with E-state index in [1.54, 1.807) is 0 Å². The van der Waals surface area contributed by atoms with Gasteiger partial charge in [0.15, 0.2) is 0 Å². The highest BCUT2D eigenvalue weighted by atomic mass is 14.7. The fourth-order valence-electron chi connectivity index (χ4n) is 2.12. The van der Waals surface area contributed by atoms with Gasteiger partial charge in [0.25, 0.3) is 0 Å². The van der Waals surface area contributed by atoms with E-state index in [1.165, 1.54) is 22.5 Å². The van der Waals surface area contributed by atoms with Crippen molar-refractivity contribution in [1.82, 2.24) is 4.98 Å². The van der Waals surface area contributed by atoms with Crippen LogP contribution in [0.25, 0.3) is 11.1 Å². The van der Waals surface area contributed by atoms with Crippen molar-refractivity contribution in [1.29, 1.82) is 0 Å². The van der Waals surface area contributed by atoms with Gasteiger partial charge in [-0.25, -0.2) is 0 Å². The Labute approximate surface area is 104 Å². The van der Waals surface area contributed by atoms with E-state index in [1.807, 2.05) is 0 Å². The number of rotatable bonds is 3. The third kappa shape index (κ3) is 2.44. The zero-order chi connectivity index (χ0) is 12.4. The molecule has 17 heavy (non-hydrogen) atoms. The first-order valence-corrected chi connectivity index (χ1v) is 6.37. The average molecular weight is 227 g/mol. The summed E-state index contributed by atoms with van der Waals surface area (Å²) in [4.78, 5) is 3.58. The Morgan fingerprint density at radius 3 is 2.06 bits per heavy atom. The standard InChI is InChI=1S/C16H21N/c1-11(2)15-10-14(16(17-15)12(3)4)13-8-6-5-7-9-13/h5-12,17H,1-4H3. The van der Waals surface area contributed by atoms with Crippen LogP contribution in [0.4, 0.5) is 0 Å². The summed E-state index contributed by atoms with van der Waals surface area (Å²) in [7, 11) is 0. The number of H-pyrrole nitrogens is 1. The van der Waals surface area contributed by atoms with Gasteiger partial charge in [-0.2, -0.15) is 0 Å². The minimum atomic E-state index is 0.526. The Hall–Kier alpha value is -1.50. The van der Waals surface area contributed by atoms with Crippen molar-refractivity contribution in [2.75, 3.05) is 0 Å². The van der Waals surface area contributed by atoms with Gasteiger partial charge in [-0.1, -0.05) is 58.0 Å². The molecule has 1 N–H and O–H groups in total. The quantitative estimate of drug-likeness (QED) is 0.765. The van der Waals surface area contributed by atoms with Crippen molar-refractivity contribution in [2.45, 2.75) is 39.5 Å². The summed E-state index contributed by atoms with van der Waals surface area (Å²) in [6, 6.07) is 12.9. The van der Waals surface area contributed by atoms with E-state index in [4.69, 9.17) is 0 Å². The molecule has 2 rings (SSSR count). The molecule has 0 saturated carbocycles. The molecule has 0 saturated heterocycles. The fraction of sp³-hybridized carbons (Fsp3) is 0.375. The normalized spacial score (nSPS) is 11.4. The molecule has 90 valence electrons. The molecule has 1 aromatic heterocycles. The van der Waals surface area contributed by atoms with Crippen LogP contribution in [0.15, 0.2) is 36.4 Å². The van der Waals surface area contributed by atoms with Gasteiger partial charge in [0.1, 0.15) is 0 Å². The largest absolute Gasteiger partial charge is 0.361 e. The molecule has 0 spiro atoms. The van der Waals surface area contributed by atoms with Crippen LogP contribution in [0.2, 0.25) is 0 Å². The monoisotopic (exact) mass is 227 g/mol. The van der Waals surface area contributed by atoms with Gasteiger partial charge < -0.3 is 4.98 Å². The van der Waals surface area contributed by atoms with Crippen LogP contribution in [-0.4, -0.2) is 4.98 Å². The van der Waals surface area contributed by atoms with E-state index in [-0.39, 0.29) is 0 Å². The molecule has 1 aromatic carbocycles. The third-order valence-corrected chi connectivity index (χ3v) is 3.15. The van der Waals surface area contributed by atoms with Crippen molar-refractivity contribution in [3.8, 4) is 11.1 Å². The lowest BCUT2D eigenvalue weighted by atomic mass is 9.99. The van der Waals surface area contributed by atoms with Crippen LogP contribution >= 0.6 is 0 Å². The summed E-state index contributed by atoms with van der Waals surface area (Å²) >= 11 is 0. The molecule has 0 amide bonds. The SMILES string of the molecule is CC(C)c1cc(-c2ccccc2)c(C(C)C)[nH]1. The van der Waals surface area contributed by atoms with Gasteiger partial charge in [0, 0.05) is 17.0 Å². The lowest BCUT2D eigenvalue weighted by Crippen LogP contribution is -1.92. The summed E-state index contributed by atoms with van der Waals surface area (Å²) in [5.74, 6) is 1.07.